The number of benzene rings is 1. The summed E-state index contributed by atoms with van der Waals surface area (Å²) in [6, 6.07) is 9.70. The Bertz CT molecular complexity index is 645. The third-order valence-electron chi connectivity index (χ3n) is 2.00. The Morgan fingerprint density at radius 2 is 1.74 bits per heavy atom. The van der Waals surface area contributed by atoms with Gasteiger partial charge in [-0.15, -0.1) is 9.79 Å². The first-order valence-corrected chi connectivity index (χ1v) is 9.20. The van der Waals surface area contributed by atoms with E-state index in [0.29, 0.717) is 5.13 Å². The van der Waals surface area contributed by atoms with Crippen molar-refractivity contribution in [3.8, 4) is 10.4 Å². The fraction of sp³-hybridized carbons (Fsp3) is 0.100. The fourth-order valence-corrected chi connectivity index (χ4v) is 2.54. The van der Waals surface area contributed by atoms with Crippen LogP contribution < -0.4 is 64.4 Å². The first-order chi connectivity index (χ1) is 9.78. The molecule has 0 radical (unpaired) electrons. The van der Waals surface area contributed by atoms with Crippen LogP contribution >= 0.6 is 27.2 Å². The summed E-state index contributed by atoms with van der Waals surface area (Å²) in [5, 5.41) is 3.13. The molecule has 1 heterocycles. The van der Waals surface area contributed by atoms with Gasteiger partial charge in [-0.3, -0.25) is 4.57 Å². The molecule has 118 valence electrons. The number of hydrogen-bond acceptors (Lipinski definition) is 5. The maximum Gasteiger partial charge on any atom is 1.00 e. The molecule has 1 aromatic heterocycles. The molecule has 1 aromatic carbocycles. The van der Waals surface area contributed by atoms with Crippen molar-refractivity contribution in [1.29, 1.82) is 0 Å². The van der Waals surface area contributed by atoms with Crippen molar-refractivity contribution in [2.45, 2.75) is 0 Å². The summed E-state index contributed by atoms with van der Waals surface area (Å²) in [7, 11) is -6.91. The van der Waals surface area contributed by atoms with Crippen molar-refractivity contribution >= 4 is 32.3 Å². The Labute approximate surface area is 185 Å². The summed E-state index contributed by atoms with van der Waals surface area (Å²) in [6.07, 6.45) is 1.29. The van der Waals surface area contributed by atoms with Crippen LogP contribution in [0.5, 0.6) is 0 Å². The van der Waals surface area contributed by atoms with Gasteiger partial charge in [-0.2, -0.15) is 0 Å². The van der Waals surface area contributed by atoms with Crippen LogP contribution in [0.2, 0.25) is 0 Å². The number of nitrogens with one attached hydrogen (secondary N) is 1. The summed E-state index contributed by atoms with van der Waals surface area (Å²) >= 11 is 1.36. The molecule has 0 saturated heterocycles. The predicted octanol–water partition coefficient (Wildman–Crippen LogP) is -3.78. The van der Waals surface area contributed by atoms with Gasteiger partial charge in [-0.05, 0) is 5.56 Å². The largest absolute Gasteiger partial charge is 1.00 e. The SMILES string of the molecule is O=P(O)(O)CNc1ncc(-c2ccccc2)s1.O=[P+](O)O.[H-].[H-].[Na+].[Na+]. The monoisotopic (exact) mass is 399 g/mol. The Kier molecular flexibility index (Phi) is 14.8. The van der Waals surface area contributed by atoms with E-state index in [0.717, 1.165) is 10.4 Å². The molecule has 23 heavy (non-hydrogen) atoms. The normalized spacial score (nSPS) is 9.57. The van der Waals surface area contributed by atoms with Gasteiger partial charge in [0.05, 0.1) is 4.88 Å². The maximum atomic E-state index is 10.7. The van der Waals surface area contributed by atoms with Gasteiger partial charge in [0.1, 0.15) is 6.29 Å². The third-order valence-corrected chi connectivity index (χ3v) is 3.57. The van der Waals surface area contributed by atoms with Gasteiger partial charge < -0.3 is 18.0 Å². The molecule has 13 heteroatoms. The number of rotatable bonds is 4. The summed E-state index contributed by atoms with van der Waals surface area (Å²) in [4.78, 5) is 36.7. The van der Waals surface area contributed by atoms with Crippen molar-refractivity contribution in [2.24, 2.45) is 0 Å². The van der Waals surface area contributed by atoms with E-state index in [4.69, 9.17) is 24.1 Å². The molecule has 0 aliphatic heterocycles. The van der Waals surface area contributed by atoms with Crippen LogP contribution in [0.3, 0.4) is 0 Å². The van der Waals surface area contributed by atoms with Crippen LogP contribution in [0.4, 0.5) is 5.13 Å². The molecule has 0 saturated carbocycles. The fourth-order valence-electron chi connectivity index (χ4n) is 1.26. The van der Waals surface area contributed by atoms with Crippen molar-refractivity contribution < 1.29 is 90.7 Å². The zero-order valence-electron chi connectivity index (χ0n) is 14.5. The average molecular weight is 399 g/mol. The number of anilines is 1. The summed E-state index contributed by atoms with van der Waals surface area (Å²) in [5.41, 5.74) is 1.04. The molecule has 0 fully saturated rings. The summed E-state index contributed by atoms with van der Waals surface area (Å²) < 4.78 is 19.4. The zero-order valence-corrected chi connectivity index (χ0v) is 19.1. The van der Waals surface area contributed by atoms with Crippen LogP contribution in [-0.4, -0.2) is 30.8 Å². The molecule has 0 unspecified atom stereocenters. The van der Waals surface area contributed by atoms with Crippen molar-refractivity contribution in [2.75, 3.05) is 11.6 Å². The van der Waals surface area contributed by atoms with E-state index >= 15 is 0 Å². The number of thiazole rings is 1. The quantitative estimate of drug-likeness (QED) is 0.261. The second-order valence-electron chi connectivity index (χ2n) is 3.65. The van der Waals surface area contributed by atoms with Crippen LogP contribution in [-0.2, 0) is 9.13 Å². The van der Waals surface area contributed by atoms with Gasteiger partial charge in [0.15, 0.2) is 5.13 Å². The van der Waals surface area contributed by atoms with Crippen LogP contribution in [0.15, 0.2) is 36.5 Å². The van der Waals surface area contributed by atoms with Crippen molar-refractivity contribution in [3.05, 3.63) is 36.5 Å². The van der Waals surface area contributed by atoms with Crippen molar-refractivity contribution in [1.82, 2.24) is 4.98 Å². The zero-order chi connectivity index (χ0) is 15.9. The van der Waals surface area contributed by atoms with E-state index in [-0.39, 0.29) is 62.0 Å². The average Bonchev–Trinajstić information content (AvgIpc) is 2.85. The topological polar surface area (TPSA) is 140 Å². The Morgan fingerprint density at radius 1 is 1.22 bits per heavy atom. The summed E-state index contributed by atoms with van der Waals surface area (Å²) in [6.45, 7) is 0. The molecule has 0 spiro atoms. The molecule has 0 bridgehead atoms. The molecule has 8 nitrogen and oxygen atoms in total. The van der Waals surface area contributed by atoms with Crippen LogP contribution in [0.1, 0.15) is 2.85 Å². The van der Waals surface area contributed by atoms with Gasteiger partial charge >= 0.3 is 75.0 Å². The number of nitrogens with zero attached hydrogens (tertiary/aromatic N) is 1. The van der Waals surface area contributed by atoms with E-state index in [1.807, 2.05) is 30.3 Å². The predicted molar refractivity (Wildman–Crippen MR) is 82.4 cm³/mol. The first kappa shape index (κ1) is 26.1. The molecule has 0 aliphatic rings. The number of hydrogen-bond donors (Lipinski definition) is 5. The molecular weight excluding hydrogens is 384 g/mol. The van der Waals surface area contributed by atoms with E-state index < -0.39 is 22.1 Å². The molecular formula is C10H15N2Na2O6P2S+. The van der Waals surface area contributed by atoms with Gasteiger partial charge in [-0.1, -0.05) is 41.7 Å². The molecule has 0 atom stereocenters. The minimum Gasteiger partial charge on any atom is -1.00 e. The molecule has 0 amide bonds. The molecule has 2 rings (SSSR count). The molecule has 0 aliphatic carbocycles. The molecule has 5 N–H and O–H groups in total. The van der Waals surface area contributed by atoms with Gasteiger partial charge in [0.25, 0.3) is 0 Å². The third kappa shape index (κ3) is 12.8. The first-order valence-electron chi connectivity index (χ1n) is 5.42. The van der Waals surface area contributed by atoms with E-state index in [9.17, 15) is 4.57 Å². The van der Waals surface area contributed by atoms with Crippen LogP contribution in [0, 0.1) is 0 Å². The van der Waals surface area contributed by atoms with Gasteiger partial charge in [0, 0.05) is 10.8 Å². The minimum absolute atomic E-state index is 0. The van der Waals surface area contributed by atoms with Crippen LogP contribution in [0.25, 0.3) is 10.4 Å². The van der Waals surface area contributed by atoms with Gasteiger partial charge in [-0.25, -0.2) is 4.98 Å². The molecule has 2 aromatic rings. The van der Waals surface area contributed by atoms with Crippen molar-refractivity contribution in [3.63, 3.8) is 0 Å². The Hall–Kier alpha value is 0.820. The standard InChI is InChI=1S/C10H11N2O3PS.2Na.HO3P.2H/c13-16(14,15)7-12-10-11-6-9(17-10)8-4-2-1-3-5-8;;;1-4(2)3;;/h1-6H,7H2,(H,11,12)(H2,13,14,15);;;(H-,1,2,3);;/q;2*+1;;2*-1/p+1. The van der Waals surface area contributed by atoms with E-state index in [1.165, 1.54) is 11.3 Å². The smallest absolute Gasteiger partial charge is 1.00 e. The van der Waals surface area contributed by atoms with E-state index in [2.05, 4.69) is 10.3 Å². The maximum absolute atomic E-state index is 10.7. The Morgan fingerprint density at radius 3 is 2.22 bits per heavy atom. The summed E-state index contributed by atoms with van der Waals surface area (Å²) in [5.74, 6) is 0. The minimum atomic E-state index is -4.04. The number of aromatic nitrogens is 1. The Balaban J connectivity index is -0.000000251. The van der Waals surface area contributed by atoms with Gasteiger partial charge in [0.2, 0.25) is 0 Å². The second kappa shape index (κ2) is 13.1. The van der Waals surface area contributed by atoms with E-state index in [1.54, 1.807) is 6.20 Å². The second-order valence-corrected chi connectivity index (χ2v) is 6.83.